The first-order valence-corrected chi connectivity index (χ1v) is 12.7. The molecule has 3 rings (SSSR count). The summed E-state index contributed by atoms with van der Waals surface area (Å²) >= 11 is 25.3. The maximum atomic E-state index is 13.9. The zero-order valence-corrected chi connectivity index (χ0v) is 22.2. The van der Waals surface area contributed by atoms with Gasteiger partial charge in [0.25, 0.3) is 5.91 Å². The molecule has 0 aromatic heterocycles. The third-order valence-corrected chi connectivity index (χ3v) is 8.03. The van der Waals surface area contributed by atoms with Crippen LogP contribution < -0.4 is 10.6 Å². The number of carbonyl (C=O) groups is 3. The minimum atomic E-state index is -1.51. The van der Waals surface area contributed by atoms with Crippen LogP contribution in [0.15, 0.2) is 53.4 Å². The van der Waals surface area contributed by atoms with E-state index >= 15 is 0 Å². The number of halogens is 5. The molecule has 0 saturated heterocycles. The fraction of sp³-hybridized carbons (Fsp3) is 0.125. The van der Waals surface area contributed by atoms with Gasteiger partial charge in [0.05, 0.1) is 42.2 Å². The molecule has 0 aliphatic rings. The van der Waals surface area contributed by atoms with Crippen LogP contribution in [0.25, 0.3) is 0 Å². The van der Waals surface area contributed by atoms with E-state index in [0.29, 0.717) is 17.0 Å². The number of hydrogen-bond donors (Lipinski definition) is 3. The molecule has 36 heavy (non-hydrogen) atoms. The van der Waals surface area contributed by atoms with Crippen molar-refractivity contribution in [3.8, 4) is 0 Å². The highest BCUT2D eigenvalue weighted by atomic mass is 35.5. The smallest absolute Gasteiger partial charge is 0.338 e. The molecule has 3 aromatic rings. The number of anilines is 2. The van der Waals surface area contributed by atoms with Crippen LogP contribution in [0, 0.1) is 5.82 Å². The van der Waals surface area contributed by atoms with Gasteiger partial charge in [0.2, 0.25) is 5.91 Å². The molecule has 6 nitrogen and oxygen atoms in total. The van der Waals surface area contributed by atoms with Crippen molar-refractivity contribution in [1.29, 1.82) is 0 Å². The summed E-state index contributed by atoms with van der Waals surface area (Å²) in [6, 6.07) is 12.4. The van der Waals surface area contributed by atoms with Crippen molar-refractivity contribution in [2.45, 2.75) is 23.5 Å². The van der Waals surface area contributed by atoms with Gasteiger partial charge in [-0.25, -0.2) is 9.18 Å². The third kappa shape index (κ3) is 6.25. The quantitative estimate of drug-likeness (QED) is 0.141. The second kappa shape index (κ2) is 12.2. The number of carboxylic acids is 1. The molecule has 0 spiro atoms. The molecule has 12 heteroatoms. The van der Waals surface area contributed by atoms with Crippen LogP contribution in [0.5, 0.6) is 0 Å². The van der Waals surface area contributed by atoms with Gasteiger partial charge >= 0.3 is 5.97 Å². The second-order valence-electron chi connectivity index (χ2n) is 7.28. The van der Waals surface area contributed by atoms with Gasteiger partial charge in [0, 0.05) is 10.6 Å². The molecule has 0 radical (unpaired) electrons. The van der Waals surface area contributed by atoms with E-state index in [2.05, 4.69) is 10.6 Å². The summed E-state index contributed by atoms with van der Waals surface area (Å²) < 4.78 is 13.9. The lowest BCUT2D eigenvalue weighted by atomic mass is 10.1. The fourth-order valence-corrected chi connectivity index (χ4v) is 5.18. The molecule has 0 aliphatic carbocycles. The van der Waals surface area contributed by atoms with Gasteiger partial charge in [-0.15, -0.1) is 11.8 Å². The van der Waals surface area contributed by atoms with E-state index in [1.54, 1.807) is 30.3 Å². The lowest BCUT2D eigenvalue weighted by molar-refractivity contribution is -0.115. The Morgan fingerprint density at radius 1 is 0.917 bits per heavy atom. The normalized spacial score (nSPS) is 11.6. The Morgan fingerprint density at radius 2 is 1.56 bits per heavy atom. The van der Waals surface area contributed by atoms with Gasteiger partial charge in [-0.3, -0.25) is 9.59 Å². The largest absolute Gasteiger partial charge is 0.478 e. The Morgan fingerprint density at radius 3 is 2.17 bits per heavy atom. The Kier molecular flexibility index (Phi) is 9.49. The Bertz CT molecular complexity index is 1360. The molecular weight excluding hydrogens is 573 g/mol. The highest BCUT2D eigenvalue weighted by molar-refractivity contribution is 8.00. The van der Waals surface area contributed by atoms with E-state index in [1.165, 1.54) is 30.0 Å². The minimum absolute atomic E-state index is 0.0777. The van der Waals surface area contributed by atoms with E-state index in [9.17, 15) is 23.9 Å². The standard InChI is InChI=1S/C24H17Cl4FN2O4S/c1-2-15(22(32)31-14-9-4-3-8-13(14)29)36-12-7-5-6-11(10-12)30-23(33)16-17(24(34)35)19(26)21(28)20(27)18(16)25/h3-10,15H,2H2,1H3,(H,30,33)(H,31,32)(H,34,35). The van der Waals surface area contributed by atoms with Gasteiger partial charge in [0.1, 0.15) is 5.82 Å². The molecule has 188 valence electrons. The molecule has 1 unspecified atom stereocenters. The summed E-state index contributed by atoms with van der Waals surface area (Å²) in [6.07, 6.45) is 0.445. The van der Waals surface area contributed by atoms with Crippen molar-refractivity contribution in [2.24, 2.45) is 0 Å². The number of hydrogen-bond acceptors (Lipinski definition) is 4. The van der Waals surface area contributed by atoms with Crippen molar-refractivity contribution in [2.75, 3.05) is 10.6 Å². The summed E-state index contributed by atoms with van der Waals surface area (Å²) in [7, 11) is 0. The van der Waals surface area contributed by atoms with Crippen LogP contribution in [0.3, 0.4) is 0 Å². The van der Waals surface area contributed by atoms with Crippen LogP contribution >= 0.6 is 58.2 Å². The molecule has 2 amide bonds. The zero-order valence-electron chi connectivity index (χ0n) is 18.4. The number of carbonyl (C=O) groups excluding carboxylic acids is 2. The molecule has 0 heterocycles. The van der Waals surface area contributed by atoms with Crippen molar-refractivity contribution in [3.05, 3.63) is 85.6 Å². The van der Waals surface area contributed by atoms with Crippen molar-refractivity contribution < 1.29 is 23.9 Å². The number of rotatable bonds is 8. The zero-order chi connectivity index (χ0) is 26.6. The lowest BCUT2D eigenvalue weighted by Gasteiger charge is -2.16. The first-order valence-electron chi connectivity index (χ1n) is 10.3. The van der Waals surface area contributed by atoms with Crippen molar-refractivity contribution >= 4 is 87.3 Å². The average molecular weight is 590 g/mol. The van der Waals surface area contributed by atoms with Gasteiger partial charge < -0.3 is 15.7 Å². The Labute approximate surface area is 230 Å². The first kappa shape index (κ1) is 28.1. The summed E-state index contributed by atoms with van der Waals surface area (Å²) in [5.74, 6) is -3.31. The van der Waals surface area contributed by atoms with Gasteiger partial charge in [0.15, 0.2) is 0 Å². The molecule has 3 aromatic carbocycles. The maximum absolute atomic E-state index is 13.9. The van der Waals surface area contributed by atoms with Gasteiger partial charge in [-0.1, -0.05) is 71.5 Å². The number of carboxylic acid groups (broad SMARTS) is 1. The SMILES string of the molecule is CCC(Sc1cccc(NC(=O)c2c(Cl)c(Cl)c(Cl)c(Cl)c2C(=O)O)c1)C(=O)Nc1ccccc1F. The minimum Gasteiger partial charge on any atom is -0.478 e. The molecule has 0 fully saturated rings. The number of nitrogens with one attached hydrogen (secondary N) is 2. The average Bonchev–Trinajstić information content (AvgIpc) is 2.84. The van der Waals surface area contributed by atoms with Crippen LogP contribution in [0.1, 0.15) is 34.1 Å². The van der Waals surface area contributed by atoms with Crippen LogP contribution in [-0.4, -0.2) is 28.1 Å². The fourth-order valence-electron chi connectivity index (χ4n) is 3.15. The third-order valence-electron chi connectivity index (χ3n) is 4.87. The predicted molar refractivity (Wildman–Crippen MR) is 143 cm³/mol. The highest BCUT2D eigenvalue weighted by Crippen LogP contribution is 2.42. The lowest BCUT2D eigenvalue weighted by Crippen LogP contribution is -2.25. The monoisotopic (exact) mass is 588 g/mol. The van der Waals surface area contributed by atoms with E-state index in [4.69, 9.17) is 46.4 Å². The van der Waals surface area contributed by atoms with E-state index in [-0.39, 0.29) is 26.7 Å². The second-order valence-corrected chi connectivity index (χ2v) is 10.1. The molecule has 0 aliphatic heterocycles. The highest BCUT2D eigenvalue weighted by Gasteiger charge is 2.29. The number of thioether (sulfide) groups is 1. The Hall–Kier alpha value is -2.49. The van der Waals surface area contributed by atoms with Crippen LogP contribution in [0.4, 0.5) is 15.8 Å². The van der Waals surface area contributed by atoms with Crippen molar-refractivity contribution in [1.82, 2.24) is 0 Å². The van der Waals surface area contributed by atoms with Crippen LogP contribution in [-0.2, 0) is 4.79 Å². The van der Waals surface area contributed by atoms with Crippen molar-refractivity contribution in [3.63, 3.8) is 0 Å². The number of amides is 2. The maximum Gasteiger partial charge on any atom is 0.338 e. The van der Waals surface area contributed by atoms with Crippen LogP contribution in [0.2, 0.25) is 20.1 Å². The van der Waals surface area contributed by atoms with E-state index in [1.807, 2.05) is 6.92 Å². The molecule has 0 saturated carbocycles. The van der Waals surface area contributed by atoms with Gasteiger partial charge in [-0.05, 0) is 36.8 Å². The predicted octanol–water partition coefficient (Wildman–Crippen LogP) is 7.90. The summed E-state index contributed by atoms with van der Waals surface area (Å²) in [5, 5.41) is 12.8. The summed E-state index contributed by atoms with van der Waals surface area (Å²) in [4.78, 5) is 38.1. The molecular formula is C24H17Cl4FN2O4S. The number of para-hydroxylation sites is 1. The molecule has 0 bridgehead atoms. The van der Waals surface area contributed by atoms with E-state index in [0.717, 1.165) is 0 Å². The van der Waals surface area contributed by atoms with E-state index < -0.39 is 39.1 Å². The molecule has 1 atom stereocenters. The summed E-state index contributed by atoms with van der Waals surface area (Å²) in [6.45, 7) is 1.81. The Balaban J connectivity index is 1.82. The topological polar surface area (TPSA) is 95.5 Å². The first-order chi connectivity index (χ1) is 17.0. The summed E-state index contributed by atoms with van der Waals surface area (Å²) in [5.41, 5.74) is -0.662. The molecule has 3 N–H and O–H groups in total. The number of benzene rings is 3. The van der Waals surface area contributed by atoms with Gasteiger partial charge in [-0.2, -0.15) is 0 Å². The number of aromatic carboxylic acids is 1.